The number of aromatic nitrogens is 1. The van der Waals surface area contributed by atoms with Gasteiger partial charge in [-0.2, -0.15) is 0 Å². The number of fused-ring (bicyclic) bond motifs is 3. The van der Waals surface area contributed by atoms with Crippen molar-refractivity contribution < 1.29 is 0 Å². The molecule has 0 aliphatic rings. The van der Waals surface area contributed by atoms with E-state index in [1.54, 1.807) is 0 Å². The van der Waals surface area contributed by atoms with Gasteiger partial charge in [0.25, 0.3) is 0 Å². The van der Waals surface area contributed by atoms with Crippen molar-refractivity contribution in [2.45, 2.75) is 0 Å². The highest BCUT2D eigenvalue weighted by Gasteiger charge is 2.16. The SMILES string of the molecule is Brc1ccccc1-c1cccc2c1c1ccccc1n2-c1ccccc1. The minimum atomic E-state index is 1.11. The second kappa shape index (κ2) is 6.15. The van der Waals surface area contributed by atoms with Crippen molar-refractivity contribution in [2.24, 2.45) is 0 Å². The summed E-state index contributed by atoms with van der Waals surface area (Å²) in [7, 11) is 0. The smallest absolute Gasteiger partial charge is 0.0547 e. The van der Waals surface area contributed by atoms with Crippen LogP contribution in [0.2, 0.25) is 0 Å². The molecular weight excluding hydrogens is 382 g/mol. The Morgan fingerprint density at radius 3 is 2.04 bits per heavy atom. The van der Waals surface area contributed by atoms with Crippen LogP contribution in [0.25, 0.3) is 38.6 Å². The lowest BCUT2D eigenvalue weighted by molar-refractivity contribution is 1.18. The van der Waals surface area contributed by atoms with E-state index in [9.17, 15) is 0 Å². The monoisotopic (exact) mass is 397 g/mol. The summed E-state index contributed by atoms with van der Waals surface area (Å²) in [5, 5.41) is 2.57. The second-order valence-corrected chi connectivity index (χ2v) is 7.22. The Labute approximate surface area is 160 Å². The first-order valence-electron chi connectivity index (χ1n) is 8.67. The topological polar surface area (TPSA) is 4.93 Å². The summed E-state index contributed by atoms with van der Waals surface area (Å²) in [5.74, 6) is 0. The Hall–Kier alpha value is -2.84. The van der Waals surface area contributed by atoms with E-state index < -0.39 is 0 Å². The third-order valence-electron chi connectivity index (χ3n) is 4.88. The highest BCUT2D eigenvalue weighted by molar-refractivity contribution is 9.10. The van der Waals surface area contributed by atoms with Crippen LogP contribution in [-0.4, -0.2) is 4.57 Å². The molecule has 1 heterocycles. The predicted octanol–water partition coefficient (Wildman–Crippen LogP) is 7.21. The Morgan fingerprint density at radius 2 is 1.19 bits per heavy atom. The van der Waals surface area contributed by atoms with Gasteiger partial charge in [0.15, 0.2) is 0 Å². The fourth-order valence-corrected chi connectivity index (χ4v) is 4.28. The number of rotatable bonds is 2. The Morgan fingerprint density at radius 1 is 0.538 bits per heavy atom. The lowest BCUT2D eigenvalue weighted by Crippen LogP contribution is -1.92. The summed E-state index contributed by atoms with van der Waals surface area (Å²) in [6, 6.07) is 34.2. The zero-order valence-corrected chi connectivity index (χ0v) is 15.6. The van der Waals surface area contributed by atoms with Gasteiger partial charge >= 0.3 is 0 Å². The third-order valence-corrected chi connectivity index (χ3v) is 5.57. The average Bonchev–Trinajstić information content (AvgIpc) is 3.04. The summed E-state index contributed by atoms with van der Waals surface area (Å²) in [6.45, 7) is 0. The molecular formula is C24H16BrN. The largest absolute Gasteiger partial charge is 0.309 e. The molecule has 0 saturated carbocycles. The third kappa shape index (κ3) is 2.30. The molecule has 0 N–H and O–H groups in total. The van der Waals surface area contributed by atoms with Gasteiger partial charge in [0.2, 0.25) is 0 Å². The van der Waals surface area contributed by atoms with E-state index in [0.29, 0.717) is 0 Å². The molecule has 0 bridgehead atoms. The minimum Gasteiger partial charge on any atom is -0.309 e. The van der Waals surface area contributed by atoms with Crippen LogP contribution < -0.4 is 0 Å². The summed E-state index contributed by atoms with van der Waals surface area (Å²) < 4.78 is 3.47. The van der Waals surface area contributed by atoms with Crippen molar-refractivity contribution in [1.29, 1.82) is 0 Å². The molecule has 1 aromatic heterocycles. The average molecular weight is 398 g/mol. The van der Waals surface area contributed by atoms with Gasteiger partial charge in [0, 0.05) is 20.9 Å². The first kappa shape index (κ1) is 15.4. The molecule has 0 radical (unpaired) electrons. The highest BCUT2D eigenvalue weighted by atomic mass is 79.9. The molecule has 5 rings (SSSR count). The molecule has 124 valence electrons. The van der Waals surface area contributed by atoms with Crippen LogP contribution in [-0.2, 0) is 0 Å². The number of hydrogen-bond acceptors (Lipinski definition) is 0. The molecule has 26 heavy (non-hydrogen) atoms. The van der Waals surface area contributed by atoms with Gasteiger partial charge in [-0.25, -0.2) is 0 Å². The summed E-state index contributed by atoms with van der Waals surface area (Å²) >= 11 is 3.73. The van der Waals surface area contributed by atoms with Crippen LogP contribution in [0.5, 0.6) is 0 Å². The molecule has 0 fully saturated rings. The number of hydrogen-bond donors (Lipinski definition) is 0. The van der Waals surface area contributed by atoms with E-state index in [1.165, 1.54) is 38.6 Å². The minimum absolute atomic E-state index is 1.11. The second-order valence-electron chi connectivity index (χ2n) is 6.37. The van der Waals surface area contributed by atoms with Crippen LogP contribution in [0.4, 0.5) is 0 Å². The maximum atomic E-state index is 3.73. The maximum Gasteiger partial charge on any atom is 0.0547 e. The van der Waals surface area contributed by atoms with Crippen LogP contribution in [0, 0.1) is 0 Å². The molecule has 0 amide bonds. The Balaban J connectivity index is 1.97. The van der Waals surface area contributed by atoms with E-state index in [2.05, 4.69) is 118 Å². The van der Waals surface area contributed by atoms with E-state index in [1.807, 2.05) is 0 Å². The van der Waals surface area contributed by atoms with Gasteiger partial charge in [-0.05, 0) is 41.5 Å². The van der Waals surface area contributed by atoms with Gasteiger partial charge in [-0.1, -0.05) is 82.7 Å². The van der Waals surface area contributed by atoms with E-state index >= 15 is 0 Å². The van der Waals surface area contributed by atoms with Crippen LogP contribution in [0.15, 0.2) is 102 Å². The molecule has 5 aromatic rings. The van der Waals surface area contributed by atoms with Crippen molar-refractivity contribution in [3.63, 3.8) is 0 Å². The van der Waals surface area contributed by atoms with Crippen LogP contribution >= 0.6 is 15.9 Å². The molecule has 0 aliphatic heterocycles. The summed E-state index contributed by atoms with van der Waals surface area (Å²) in [6.07, 6.45) is 0. The van der Waals surface area contributed by atoms with Crippen molar-refractivity contribution in [2.75, 3.05) is 0 Å². The zero-order chi connectivity index (χ0) is 17.5. The fraction of sp³-hybridized carbons (Fsp3) is 0. The molecule has 0 spiro atoms. The van der Waals surface area contributed by atoms with E-state index in [-0.39, 0.29) is 0 Å². The van der Waals surface area contributed by atoms with Crippen molar-refractivity contribution >= 4 is 37.7 Å². The van der Waals surface area contributed by atoms with Gasteiger partial charge in [0.1, 0.15) is 0 Å². The fourth-order valence-electron chi connectivity index (χ4n) is 3.78. The molecule has 4 aromatic carbocycles. The van der Waals surface area contributed by atoms with Gasteiger partial charge in [-0.3, -0.25) is 0 Å². The van der Waals surface area contributed by atoms with Crippen molar-refractivity contribution in [3.05, 3.63) is 102 Å². The number of halogens is 1. The first-order valence-corrected chi connectivity index (χ1v) is 9.46. The number of benzene rings is 4. The van der Waals surface area contributed by atoms with E-state index in [0.717, 1.165) is 4.47 Å². The van der Waals surface area contributed by atoms with Gasteiger partial charge in [-0.15, -0.1) is 0 Å². The standard InChI is InChI=1S/C24H16BrN/c25-21-14-6-4-11-18(21)19-13-8-16-23-24(19)20-12-5-7-15-22(20)26(23)17-9-2-1-3-10-17/h1-16H. The molecule has 0 saturated heterocycles. The lowest BCUT2D eigenvalue weighted by atomic mass is 9.99. The van der Waals surface area contributed by atoms with Gasteiger partial charge in [0.05, 0.1) is 11.0 Å². The van der Waals surface area contributed by atoms with Crippen molar-refractivity contribution in [1.82, 2.24) is 4.57 Å². The molecule has 0 aliphatic carbocycles. The zero-order valence-electron chi connectivity index (χ0n) is 14.1. The number of para-hydroxylation sites is 2. The number of nitrogens with zero attached hydrogens (tertiary/aromatic N) is 1. The van der Waals surface area contributed by atoms with Crippen LogP contribution in [0.3, 0.4) is 0 Å². The Kier molecular flexibility index (Phi) is 3.65. The predicted molar refractivity (Wildman–Crippen MR) is 114 cm³/mol. The maximum absolute atomic E-state index is 3.73. The van der Waals surface area contributed by atoms with Crippen LogP contribution in [0.1, 0.15) is 0 Å². The molecule has 1 nitrogen and oxygen atoms in total. The molecule has 0 atom stereocenters. The Bertz CT molecular complexity index is 1240. The van der Waals surface area contributed by atoms with Gasteiger partial charge < -0.3 is 4.57 Å². The molecule has 0 unspecified atom stereocenters. The first-order chi connectivity index (χ1) is 12.8. The molecule has 2 heteroatoms. The highest BCUT2D eigenvalue weighted by Crippen LogP contribution is 2.40. The van der Waals surface area contributed by atoms with Crippen molar-refractivity contribution in [3.8, 4) is 16.8 Å². The quantitative estimate of drug-likeness (QED) is 0.296. The van der Waals surface area contributed by atoms with E-state index in [4.69, 9.17) is 0 Å². The normalized spacial score (nSPS) is 11.3. The summed E-state index contributed by atoms with van der Waals surface area (Å²) in [5.41, 5.74) is 6.11. The summed E-state index contributed by atoms with van der Waals surface area (Å²) in [4.78, 5) is 0. The lowest BCUT2D eigenvalue weighted by Gasteiger charge is -2.09.